The van der Waals surface area contributed by atoms with E-state index >= 15 is 0 Å². The Morgan fingerprint density at radius 2 is 2.06 bits per heavy atom. The average molecular weight is 515 g/mol. The molecule has 1 fully saturated rings. The largest absolute Gasteiger partial charge is 0.399 e. The number of rotatable bonds is 5. The lowest BCUT2D eigenvalue weighted by atomic mass is 9.88. The predicted molar refractivity (Wildman–Crippen MR) is 136 cm³/mol. The van der Waals surface area contributed by atoms with Crippen LogP contribution in [-0.2, 0) is 17.8 Å². The monoisotopic (exact) mass is 514 g/mol. The first-order chi connectivity index (χ1) is 16.9. The van der Waals surface area contributed by atoms with Crippen molar-refractivity contribution in [2.24, 2.45) is 5.16 Å². The van der Waals surface area contributed by atoms with Crippen LogP contribution >= 0.6 is 22.9 Å². The van der Waals surface area contributed by atoms with Crippen molar-refractivity contribution in [1.29, 1.82) is 0 Å². The van der Waals surface area contributed by atoms with Crippen molar-refractivity contribution in [3.05, 3.63) is 50.6 Å². The third-order valence-corrected chi connectivity index (χ3v) is 7.80. The second-order valence-corrected chi connectivity index (χ2v) is 10.6. The fourth-order valence-electron chi connectivity index (χ4n) is 4.68. The summed E-state index contributed by atoms with van der Waals surface area (Å²) in [7, 11) is 3.57. The minimum atomic E-state index is -0.337. The van der Waals surface area contributed by atoms with E-state index in [9.17, 15) is 9.59 Å². The number of thiazole rings is 1. The van der Waals surface area contributed by atoms with Crippen LogP contribution in [0, 0.1) is 0 Å². The first-order valence-electron chi connectivity index (χ1n) is 11.6. The zero-order valence-corrected chi connectivity index (χ0v) is 21.1. The van der Waals surface area contributed by atoms with Crippen LogP contribution in [0.5, 0.6) is 0 Å². The van der Waals surface area contributed by atoms with Crippen molar-refractivity contribution in [1.82, 2.24) is 25.5 Å². The van der Waals surface area contributed by atoms with E-state index in [1.54, 1.807) is 12.1 Å². The minimum absolute atomic E-state index is 0.227. The van der Waals surface area contributed by atoms with Gasteiger partial charge in [0.15, 0.2) is 5.01 Å². The maximum atomic E-state index is 13.1. The fourth-order valence-corrected chi connectivity index (χ4v) is 5.95. The Morgan fingerprint density at radius 1 is 1.23 bits per heavy atom. The van der Waals surface area contributed by atoms with Crippen LogP contribution in [0.15, 0.2) is 29.4 Å². The fraction of sp³-hybridized carbons (Fsp3) is 0.417. The Kier molecular flexibility index (Phi) is 6.77. The summed E-state index contributed by atoms with van der Waals surface area (Å²) < 4.78 is 0. The molecule has 3 heterocycles. The van der Waals surface area contributed by atoms with E-state index < -0.39 is 0 Å². The van der Waals surface area contributed by atoms with Gasteiger partial charge < -0.3 is 25.4 Å². The Bertz CT molecular complexity index is 1300. The summed E-state index contributed by atoms with van der Waals surface area (Å²) in [5.41, 5.74) is 3.14. The lowest BCUT2D eigenvalue weighted by Gasteiger charge is -2.33. The molecule has 184 valence electrons. The molecule has 1 aliphatic heterocycles. The number of benzene rings is 1. The van der Waals surface area contributed by atoms with E-state index in [2.05, 4.69) is 37.7 Å². The zero-order chi connectivity index (χ0) is 24.5. The van der Waals surface area contributed by atoms with E-state index in [1.807, 2.05) is 12.1 Å². The van der Waals surface area contributed by atoms with Gasteiger partial charge in [-0.25, -0.2) is 4.98 Å². The number of H-pyrrole nitrogens is 1. The first kappa shape index (κ1) is 23.8. The van der Waals surface area contributed by atoms with E-state index in [4.69, 9.17) is 16.4 Å². The molecule has 35 heavy (non-hydrogen) atoms. The number of aromatic nitrogens is 2. The van der Waals surface area contributed by atoms with Crippen LogP contribution in [0.1, 0.15) is 50.1 Å². The normalized spacial score (nSPS) is 21.6. The van der Waals surface area contributed by atoms with Crippen molar-refractivity contribution < 1.29 is 14.4 Å². The topological polar surface area (TPSA) is 112 Å². The van der Waals surface area contributed by atoms with Gasteiger partial charge in [-0.1, -0.05) is 16.8 Å². The van der Waals surface area contributed by atoms with Gasteiger partial charge in [0.05, 0.1) is 23.5 Å². The van der Waals surface area contributed by atoms with E-state index in [0.717, 1.165) is 46.7 Å². The Labute approximate surface area is 211 Å². The molecule has 0 radical (unpaired) electrons. The number of carbonyl (C=O) groups is 2. The van der Waals surface area contributed by atoms with Gasteiger partial charge in [-0.3, -0.25) is 9.59 Å². The molecule has 2 unspecified atom stereocenters. The van der Waals surface area contributed by atoms with Crippen LogP contribution in [-0.4, -0.2) is 65.2 Å². The van der Waals surface area contributed by atoms with Crippen LogP contribution < -0.4 is 10.6 Å². The van der Waals surface area contributed by atoms with Crippen molar-refractivity contribution >= 4 is 51.4 Å². The second kappa shape index (κ2) is 9.96. The molecule has 3 aromatic rings. The van der Waals surface area contributed by atoms with Gasteiger partial charge in [0, 0.05) is 46.7 Å². The highest BCUT2D eigenvalue weighted by molar-refractivity contribution is 7.13. The number of hydrogen-bond donors (Lipinski definition) is 3. The van der Waals surface area contributed by atoms with Gasteiger partial charge >= 0.3 is 0 Å². The predicted octanol–water partition coefficient (Wildman–Crippen LogP) is 3.35. The van der Waals surface area contributed by atoms with E-state index in [-0.39, 0.29) is 23.9 Å². The summed E-state index contributed by atoms with van der Waals surface area (Å²) in [6.45, 7) is 1.74. The van der Waals surface area contributed by atoms with E-state index in [1.165, 1.54) is 18.4 Å². The standard InChI is InChI=1S/C24H27ClN6O3S/c1-31-8-7-18-21(12-31)35-24(29-18)23(33)28-19-11-15(30-34-2)4-6-17(19)27-22(32)20-10-13-9-14(25)3-5-16(13)26-20/h3,5,9-10,17,19,26H,4,6-8,11-12H2,1-2H3,(H,27,32)(H,28,33)/b30-15+. The van der Waals surface area contributed by atoms with Crippen LogP contribution in [0.25, 0.3) is 10.9 Å². The molecule has 9 nitrogen and oxygen atoms in total. The maximum absolute atomic E-state index is 13.1. The summed E-state index contributed by atoms with van der Waals surface area (Å²) in [6, 6.07) is 6.61. The SMILES string of the molecule is CO/N=C1\CCC(NC(=O)c2cc3cc(Cl)ccc3[nH]2)C(NC(=O)c2nc3c(s2)CN(C)CC3)C1. The van der Waals surface area contributed by atoms with Crippen molar-refractivity contribution in [3.63, 3.8) is 0 Å². The van der Waals surface area contributed by atoms with Crippen LogP contribution in [0.4, 0.5) is 0 Å². The summed E-state index contributed by atoms with van der Waals surface area (Å²) in [5, 5.41) is 12.2. The molecule has 0 bridgehead atoms. The third-order valence-electron chi connectivity index (χ3n) is 6.48. The second-order valence-electron chi connectivity index (χ2n) is 9.03. The molecule has 1 saturated carbocycles. The lowest BCUT2D eigenvalue weighted by molar-refractivity contribution is 0.0874. The maximum Gasteiger partial charge on any atom is 0.280 e. The molecule has 1 aromatic carbocycles. The van der Waals surface area contributed by atoms with Crippen LogP contribution in [0.3, 0.4) is 0 Å². The lowest BCUT2D eigenvalue weighted by Crippen LogP contribution is -2.54. The number of oxime groups is 1. The van der Waals surface area contributed by atoms with Gasteiger partial charge in [-0.05, 0) is 44.2 Å². The number of nitrogens with zero attached hydrogens (tertiary/aromatic N) is 3. The molecular weight excluding hydrogens is 488 g/mol. The number of halogens is 1. The molecule has 5 rings (SSSR count). The summed E-state index contributed by atoms with van der Waals surface area (Å²) in [5.74, 6) is -0.461. The molecular formula is C24H27ClN6O3S. The molecule has 2 aromatic heterocycles. The van der Waals surface area contributed by atoms with Crippen molar-refractivity contribution in [3.8, 4) is 0 Å². The first-order valence-corrected chi connectivity index (χ1v) is 12.7. The molecule has 11 heteroatoms. The molecule has 2 atom stereocenters. The van der Waals surface area contributed by atoms with Gasteiger partial charge in [-0.15, -0.1) is 11.3 Å². The zero-order valence-electron chi connectivity index (χ0n) is 19.6. The average Bonchev–Trinajstić information content (AvgIpc) is 3.44. The number of hydrogen-bond acceptors (Lipinski definition) is 7. The van der Waals surface area contributed by atoms with Gasteiger partial charge in [-0.2, -0.15) is 0 Å². The molecule has 1 aliphatic carbocycles. The molecule has 0 saturated heterocycles. The number of carbonyl (C=O) groups excluding carboxylic acids is 2. The number of likely N-dealkylation sites (N-methyl/N-ethyl adjacent to an activating group) is 1. The Balaban J connectivity index is 1.32. The molecule has 3 N–H and O–H groups in total. The van der Waals surface area contributed by atoms with Crippen LogP contribution in [0.2, 0.25) is 5.02 Å². The van der Waals surface area contributed by atoms with Gasteiger partial charge in [0.25, 0.3) is 11.8 Å². The highest BCUT2D eigenvalue weighted by atomic mass is 35.5. The van der Waals surface area contributed by atoms with E-state index in [0.29, 0.717) is 35.0 Å². The van der Waals surface area contributed by atoms with Gasteiger partial charge in [0.2, 0.25) is 0 Å². The molecule has 0 spiro atoms. The number of aromatic amines is 1. The summed E-state index contributed by atoms with van der Waals surface area (Å²) in [4.78, 5) is 42.3. The third kappa shape index (κ3) is 5.19. The number of fused-ring (bicyclic) bond motifs is 2. The smallest absolute Gasteiger partial charge is 0.280 e. The highest BCUT2D eigenvalue weighted by Gasteiger charge is 2.33. The highest BCUT2D eigenvalue weighted by Crippen LogP contribution is 2.26. The minimum Gasteiger partial charge on any atom is -0.399 e. The Hall–Kier alpha value is -2.95. The number of nitrogens with one attached hydrogen (secondary N) is 3. The quantitative estimate of drug-likeness (QED) is 0.452. The summed E-state index contributed by atoms with van der Waals surface area (Å²) >= 11 is 7.52. The number of amides is 2. The van der Waals surface area contributed by atoms with Crippen molar-refractivity contribution in [2.45, 2.75) is 44.3 Å². The summed E-state index contributed by atoms with van der Waals surface area (Å²) in [6.07, 6.45) is 2.63. The van der Waals surface area contributed by atoms with Crippen molar-refractivity contribution in [2.75, 3.05) is 20.7 Å². The molecule has 2 aliphatic rings. The Morgan fingerprint density at radius 3 is 2.89 bits per heavy atom. The molecule has 2 amide bonds. The van der Waals surface area contributed by atoms with Gasteiger partial charge in [0.1, 0.15) is 12.8 Å².